The number of H-pyrrole nitrogens is 1. The van der Waals surface area contributed by atoms with E-state index in [4.69, 9.17) is 0 Å². The molecule has 0 aliphatic heterocycles. The number of hydrogen-bond acceptors (Lipinski definition) is 5. The average Bonchev–Trinajstić information content (AvgIpc) is 2.74. The maximum Gasteiger partial charge on any atom is 0.281 e. The molecular formula is C11H14N4O3S. The van der Waals surface area contributed by atoms with Gasteiger partial charge < -0.3 is 5.11 Å². The van der Waals surface area contributed by atoms with Crippen LogP contribution in [0.1, 0.15) is 17.0 Å². The summed E-state index contributed by atoms with van der Waals surface area (Å²) in [6.07, 6.45) is 1.57. The van der Waals surface area contributed by atoms with E-state index in [1.54, 1.807) is 32.2 Å². The maximum absolute atomic E-state index is 12.2. The second-order valence-electron chi connectivity index (χ2n) is 4.03. The Bertz CT molecular complexity index is 694. The van der Waals surface area contributed by atoms with Gasteiger partial charge in [0.1, 0.15) is 0 Å². The van der Waals surface area contributed by atoms with Gasteiger partial charge in [0.15, 0.2) is 0 Å². The number of aromatic amines is 1. The van der Waals surface area contributed by atoms with Crippen LogP contribution in [-0.4, -0.2) is 28.7 Å². The van der Waals surface area contributed by atoms with Gasteiger partial charge in [-0.25, -0.2) is 0 Å². The molecule has 19 heavy (non-hydrogen) atoms. The first kappa shape index (κ1) is 13.5. The van der Waals surface area contributed by atoms with Crippen molar-refractivity contribution in [2.45, 2.75) is 25.5 Å². The minimum atomic E-state index is -3.85. The summed E-state index contributed by atoms with van der Waals surface area (Å²) in [6.45, 7) is 2.94. The fourth-order valence-corrected chi connectivity index (χ4v) is 2.93. The number of pyridine rings is 1. The van der Waals surface area contributed by atoms with Crippen molar-refractivity contribution in [3.8, 4) is 0 Å². The molecule has 2 aromatic rings. The number of rotatable bonds is 4. The molecule has 0 fully saturated rings. The highest BCUT2D eigenvalue weighted by Crippen LogP contribution is 2.20. The van der Waals surface area contributed by atoms with Crippen molar-refractivity contribution in [3.63, 3.8) is 0 Å². The molecule has 102 valence electrons. The third-order valence-corrected chi connectivity index (χ3v) is 4.04. The molecule has 2 heterocycles. The predicted molar refractivity (Wildman–Crippen MR) is 69.0 cm³/mol. The number of aromatic nitrogens is 3. The van der Waals surface area contributed by atoms with Crippen molar-refractivity contribution in [2.75, 3.05) is 4.72 Å². The van der Waals surface area contributed by atoms with Gasteiger partial charge in [-0.05, 0) is 26.0 Å². The van der Waals surface area contributed by atoms with Gasteiger partial charge in [-0.2, -0.15) is 13.5 Å². The van der Waals surface area contributed by atoms with Gasteiger partial charge in [-0.1, -0.05) is 0 Å². The van der Waals surface area contributed by atoms with Crippen molar-refractivity contribution in [3.05, 3.63) is 35.3 Å². The fraction of sp³-hybridized carbons (Fsp3) is 0.273. The van der Waals surface area contributed by atoms with Crippen LogP contribution in [-0.2, 0) is 16.6 Å². The Labute approximate surface area is 110 Å². The van der Waals surface area contributed by atoms with E-state index in [1.165, 1.54) is 0 Å². The van der Waals surface area contributed by atoms with E-state index >= 15 is 0 Å². The number of aryl methyl sites for hydroxylation is 2. The van der Waals surface area contributed by atoms with Crippen LogP contribution in [0.25, 0.3) is 0 Å². The molecule has 0 amide bonds. The standard InChI is InChI=1S/C11H14N4O3S/c1-7-9(6-16)11(14-13-7)19(17,18)15-10-4-3-5-12-8(10)2/h3-5,15-16H,6H2,1-2H3,(H,13,14). The number of sulfonamides is 1. The highest BCUT2D eigenvalue weighted by Gasteiger charge is 2.24. The van der Waals surface area contributed by atoms with E-state index in [0.29, 0.717) is 17.1 Å². The Morgan fingerprint density at radius 1 is 1.42 bits per heavy atom. The van der Waals surface area contributed by atoms with Crippen molar-refractivity contribution in [1.29, 1.82) is 0 Å². The Hall–Kier alpha value is -1.93. The molecule has 0 saturated carbocycles. The summed E-state index contributed by atoms with van der Waals surface area (Å²) in [6, 6.07) is 3.24. The molecule has 8 heteroatoms. The van der Waals surface area contributed by atoms with E-state index in [2.05, 4.69) is 19.9 Å². The molecule has 0 unspecified atom stereocenters. The summed E-state index contributed by atoms with van der Waals surface area (Å²) in [7, 11) is -3.85. The van der Waals surface area contributed by atoms with Gasteiger partial charge in [-0.15, -0.1) is 0 Å². The Morgan fingerprint density at radius 2 is 2.16 bits per heavy atom. The van der Waals surface area contributed by atoms with Gasteiger partial charge in [0, 0.05) is 17.5 Å². The Kier molecular flexibility index (Phi) is 3.54. The van der Waals surface area contributed by atoms with E-state index in [9.17, 15) is 13.5 Å². The lowest BCUT2D eigenvalue weighted by Crippen LogP contribution is -2.16. The zero-order valence-corrected chi connectivity index (χ0v) is 11.3. The minimum absolute atomic E-state index is 0.198. The van der Waals surface area contributed by atoms with Crippen LogP contribution in [0.3, 0.4) is 0 Å². The number of nitrogens with one attached hydrogen (secondary N) is 2. The van der Waals surface area contributed by atoms with E-state index < -0.39 is 16.6 Å². The van der Waals surface area contributed by atoms with Crippen LogP contribution >= 0.6 is 0 Å². The third kappa shape index (κ3) is 2.59. The molecule has 3 N–H and O–H groups in total. The summed E-state index contributed by atoms with van der Waals surface area (Å²) in [4.78, 5) is 4.00. The molecule has 0 bridgehead atoms. The highest BCUT2D eigenvalue weighted by molar-refractivity contribution is 7.92. The first-order chi connectivity index (χ1) is 8.95. The molecule has 0 atom stereocenters. The summed E-state index contributed by atoms with van der Waals surface area (Å²) in [5.74, 6) is 0. The van der Waals surface area contributed by atoms with Crippen molar-refractivity contribution < 1.29 is 13.5 Å². The normalized spacial score (nSPS) is 11.5. The van der Waals surface area contributed by atoms with Crippen LogP contribution in [0.4, 0.5) is 5.69 Å². The van der Waals surface area contributed by atoms with E-state index in [1.807, 2.05) is 0 Å². The van der Waals surface area contributed by atoms with Crippen LogP contribution < -0.4 is 4.72 Å². The van der Waals surface area contributed by atoms with Gasteiger partial charge in [0.2, 0.25) is 5.03 Å². The molecular weight excluding hydrogens is 268 g/mol. The number of aliphatic hydroxyl groups is 1. The summed E-state index contributed by atoms with van der Waals surface area (Å²) >= 11 is 0. The van der Waals surface area contributed by atoms with Gasteiger partial charge in [0.05, 0.1) is 18.0 Å². The molecule has 0 saturated heterocycles. The second-order valence-corrected chi connectivity index (χ2v) is 5.63. The number of aliphatic hydroxyl groups excluding tert-OH is 1. The first-order valence-electron chi connectivity index (χ1n) is 5.55. The summed E-state index contributed by atoms with van der Waals surface area (Å²) in [5, 5.41) is 15.3. The smallest absolute Gasteiger partial charge is 0.281 e. The first-order valence-corrected chi connectivity index (χ1v) is 7.03. The van der Waals surface area contributed by atoms with Crippen molar-refractivity contribution in [1.82, 2.24) is 15.2 Å². The number of anilines is 1. The van der Waals surface area contributed by atoms with Crippen LogP contribution in [0.2, 0.25) is 0 Å². The lowest BCUT2D eigenvalue weighted by molar-refractivity contribution is 0.277. The fourth-order valence-electron chi connectivity index (χ4n) is 1.62. The lowest BCUT2D eigenvalue weighted by Gasteiger charge is -2.08. The molecule has 2 rings (SSSR count). The average molecular weight is 282 g/mol. The Morgan fingerprint density at radius 3 is 2.79 bits per heavy atom. The van der Waals surface area contributed by atoms with Crippen LogP contribution in [0.5, 0.6) is 0 Å². The zero-order chi connectivity index (χ0) is 14.0. The molecule has 2 aromatic heterocycles. The lowest BCUT2D eigenvalue weighted by atomic mass is 10.3. The van der Waals surface area contributed by atoms with Crippen molar-refractivity contribution in [2.24, 2.45) is 0 Å². The van der Waals surface area contributed by atoms with Crippen LogP contribution in [0, 0.1) is 13.8 Å². The molecule has 0 radical (unpaired) electrons. The third-order valence-electron chi connectivity index (χ3n) is 2.70. The highest BCUT2D eigenvalue weighted by atomic mass is 32.2. The number of hydrogen-bond donors (Lipinski definition) is 3. The minimum Gasteiger partial charge on any atom is -0.392 e. The molecule has 0 aromatic carbocycles. The van der Waals surface area contributed by atoms with E-state index in [-0.39, 0.29) is 10.6 Å². The maximum atomic E-state index is 12.2. The van der Waals surface area contributed by atoms with Gasteiger partial charge in [0.25, 0.3) is 10.0 Å². The monoisotopic (exact) mass is 282 g/mol. The summed E-state index contributed by atoms with van der Waals surface area (Å²) < 4.78 is 26.8. The van der Waals surface area contributed by atoms with Crippen molar-refractivity contribution >= 4 is 15.7 Å². The second kappa shape index (κ2) is 4.98. The van der Waals surface area contributed by atoms with Crippen LogP contribution in [0.15, 0.2) is 23.4 Å². The Balaban J connectivity index is 2.41. The molecule has 0 aliphatic carbocycles. The predicted octanol–water partition coefficient (Wildman–Crippen LogP) is 0.715. The zero-order valence-electron chi connectivity index (χ0n) is 10.5. The SMILES string of the molecule is Cc1ncccc1NS(=O)(=O)c1n[nH]c(C)c1CO. The topological polar surface area (TPSA) is 108 Å². The quantitative estimate of drug-likeness (QED) is 0.765. The molecule has 7 nitrogen and oxygen atoms in total. The van der Waals surface area contributed by atoms with Gasteiger partial charge in [-0.3, -0.25) is 14.8 Å². The molecule has 0 aliphatic rings. The summed E-state index contributed by atoms with van der Waals surface area (Å²) in [5.41, 5.74) is 1.72. The van der Waals surface area contributed by atoms with Gasteiger partial charge >= 0.3 is 0 Å². The largest absolute Gasteiger partial charge is 0.392 e. The van der Waals surface area contributed by atoms with E-state index in [0.717, 1.165) is 0 Å². The molecule has 0 spiro atoms. The number of nitrogens with zero attached hydrogens (tertiary/aromatic N) is 2.